The van der Waals surface area contributed by atoms with Crippen LogP contribution in [0.25, 0.3) is 12.2 Å². The number of fused-ring (bicyclic) bond motifs is 6. The molecule has 3 aliphatic heterocycles. The number of aromatic amines is 2. The Kier molecular flexibility index (Phi) is 3.15. The first-order valence-electron chi connectivity index (χ1n) is 8.68. The molecule has 2 aromatic rings. The van der Waals surface area contributed by atoms with Crippen molar-refractivity contribution in [2.24, 2.45) is 9.98 Å². The summed E-state index contributed by atoms with van der Waals surface area (Å²) >= 11 is 0. The molecule has 5 rings (SSSR count). The number of allylic oxidation sites excluding steroid dienone is 1. The molecule has 0 saturated carbocycles. The Labute approximate surface area is 140 Å². The van der Waals surface area contributed by atoms with Crippen molar-refractivity contribution < 1.29 is 0 Å². The minimum absolute atomic E-state index is 0.250. The van der Waals surface area contributed by atoms with Crippen molar-refractivity contribution in [3.8, 4) is 0 Å². The normalized spacial score (nSPS) is 26.4. The summed E-state index contributed by atoms with van der Waals surface area (Å²) in [5, 5.41) is 2.18. The van der Waals surface area contributed by atoms with E-state index in [-0.39, 0.29) is 6.04 Å². The second kappa shape index (κ2) is 5.48. The van der Waals surface area contributed by atoms with E-state index in [0.29, 0.717) is 6.04 Å². The molecule has 5 heterocycles. The zero-order chi connectivity index (χ0) is 15.9. The fourth-order valence-corrected chi connectivity index (χ4v) is 3.79. The lowest BCUT2D eigenvalue weighted by Crippen LogP contribution is -2.11. The van der Waals surface area contributed by atoms with Crippen molar-refractivity contribution in [1.82, 2.24) is 9.97 Å². The highest BCUT2D eigenvalue weighted by atomic mass is 14.9. The van der Waals surface area contributed by atoms with Crippen LogP contribution >= 0.6 is 0 Å². The lowest BCUT2D eigenvalue weighted by atomic mass is 10.1. The van der Waals surface area contributed by atoms with E-state index in [4.69, 9.17) is 9.98 Å². The molecule has 0 aromatic carbocycles. The first kappa shape index (κ1) is 13.8. The third kappa shape index (κ3) is 2.68. The molecule has 4 heteroatoms. The Hall–Kier alpha value is -2.62. The van der Waals surface area contributed by atoms with E-state index in [1.54, 1.807) is 0 Å². The van der Waals surface area contributed by atoms with Gasteiger partial charge < -0.3 is 9.97 Å². The molecular weight excluding hydrogens is 296 g/mol. The molecule has 24 heavy (non-hydrogen) atoms. The van der Waals surface area contributed by atoms with Crippen LogP contribution < -0.4 is 10.7 Å². The molecule has 0 fully saturated rings. The zero-order valence-corrected chi connectivity index (χ0v) is 13.5. The molecule has 0 saturated heterocycles. The largest absolute Gasteiger partial charge is 0.359 e. The van der Waals surface area contributed by atoms with E-state index in [0.717, 1.165) is 47.8 Å². The van der Waals surface area contributed by atoms with E-state index in [1.807, 2.05) is 0 Å². The van der Waals surface area contributed by atoms with Gasteiger partial charge in [-0.25, -0.2) is 0 Å². The topological polar surface area (TPSA) is 56.3 Å². The summed E-state index contributed by atoms with van der Waals surface area (Å²) < 4.78 is 0. The number of aliphatic imine (C=N–C) groups is 2. The van der Waals surface area contributed by atoms with Gasteiger partial charge in [0.05, 0.1) is 17.8 Å². The highest BCUT2D eigenvalue weighted by molar-refractivity contribution is 6.18. The minimum atomic E-state index is 0.250. The average molecular weight is 316 g/mol. The molecule has 4 nitrogen and oxygen atoms in total. The first-order valence-corrected chi connectivity index (χ1v) is 8.68. The predicted octanol–water partition coefficient (Wildman–Crippen LogP) is 1.88. The third-order valence-corrected chi connectivity index (χ3v) is 4.95. The van der Waals surface area contributed by atoms with Gasteiger partial charge in [0.25, 0.3) is 0 Å². The van der Waals surface area contributed by atoms with E-state index in [2.05, 4.69) is 58.5 Å². The summed E-state index contributed by atoms with van der Waals surface area (Å²) in [5.74, 6) is 0. The molecule has 2 atom stereocenters. The Morgan fingerprint density at radius 2 is 1.83 bits per heavy atom. The molecule has 2 N–H and O–H groups in total. The summed E-state index contributed by atoms with van der Waals surface area (Å²) in [7, 11) is 0. The standard InChI is InChI=1S/C20H20N4/c1-2-14-10-16-5-6-18(23-16)12-20-8-7-19(24-20)11-17-4-3-15(22-17)9-13(1)21-14/h1-6,9-10,17,20-21,23H,7-8,11-12H2/b13-9?,14-10-. The van der Waals surface area contributed by atoms with Gasteiger partial charge >= 0.3 is 0 Å². The second-order valence-corrected chi connectivity index (χ2v) is 6.87. The van der Waals surface area contributed by atoms with Crippen LogP contribution in [0.5, 0.6) is 0 Å². The quantitative estimate of drug-likeness (QED) is 0.746. The maximum Gasteiger partial charge on any atom is 0.0742 e. The maximum absolute atomic E-state index is 4.95. The van der Waals surface area contributed by atoms with Gasteiger partial charge in [-0.1, -0.05) is 6.08 Å². The number of rotatable bonds is 0. The molecule has 0 aliphatic carbocycles. The third-order valence-electron chi connectivity index (χ3n) is 4.95. The number of nitrogens with one attached hydrogen (secondary N) is 2. The number of hydrogen-bond acceptors (Lipinski definition) is 2. The molecule has 120 valence electrons. The van der Waals surface area contributed by atoms with Crippen LogP contribution in [0.2, 0.25) is 0 Å². The van der Waals surface area contributed by atoms with Crippen LogP contribution in [0.1, 0.15) is 30.7 Å². The number of hydrogen-bond donors (Lipinski definition) is 2. The molecule has 8 bridgehead atoms. The monoisotopic (exact) mass is 316 g/mol. The van der Waals surface area contributed by atoms with Crippen molar-refractivity contribution in [2.45, 2.75) is 37.8 Å². The smallest absolute Gasteiger partial charge is 0.0742 e. The van der Waals surface area contributed by atoms with Crippen molar-refractivity contribution in [2.75, 3.05) is 0 Å². The van der Waals surface area contributed by atoms with Gasteiger partial charge in [0.2, 0.25) is 0 Å². The zero-order valence-electron chi connectivity index (χ0n) is 13.5. The van der Waals surface area contributed by atoms with Gasteiger partial charge in [-0.05, 0) is 55.3 Å². The van der Waals surface area contributed by atoms with Gasteiger partial charge in [0.15, 0.2) is 0 Å². The van der Waals surface area contributed by atoms with E-state index < -0.39 is 0 Å². The minimum Gasteiger partial charge on any atom is -0.359 e. The fraction of sp³-hybridized carbons (Fsp3) is 0.300. The summed E-state index contributed by atoms with van der Waals surface area (Å²) in [6, 6.07) is 9.20. The summed E-state index contributed by atoms with van der Waals surface area (Å²) in [6.07, 6.45) is 12.8. The molecule has 0 radical (unpaired) electrons. The summed E-state index contributed by atoms with van der Waals surface area (Å²) in [4.78, 5) is 16.7. The summed E-state index contributed by atoms with van der Waals surface area (Å²) in [5.41, 5.74) is 4.76. The van der Waals surface area contributed by atoms with Gasteiger partial charge in [-0.3, -0.25) is 9.98 Å². The highest BCUT2D eigenvalue weighted by Crippen LogP contribution is 2.22. The lowest BCUT2D eigenvalue weighted by Gasteiger charge is -2.05. The van der Waals surface area contributed by atoms with Crippen molar-refractivity contribution in [3.05, 3.63) is 58.5 Å². The van der Waals surface area contributed by atoms with Crippen molar-refractivity contribution >= 4 is 23.6 Å². The van der Waals surface area contributed by atoms with Crippen LogP contribution in [-0.4, -0.2) is 33.5 Å². The molecule has 2 aromatic heterocycles. The van der Waals surface area contributed by atoms with Crippen molar-refractivity contribution in [1.29, 1.82) is 0 Å². The van der Waals surface area contributed by atoms with Gasteiger partial charge in [0.1, 0.15) is 0 Å². The molecular formula is C20H20N4. The molecule has 0 amide bonds. The van der Waals surface area contributed by atoms with Crippen LogP contribution in [0.3, 0.4) is 0 Å². The van der Waals surface area contributed by atoms with Crippen LogP contribution in [0.4, 0.5) is 0 Å². The highest BCUT2D eigenvalue weighted by Gasteiger charge is 2.21. The van der Waals surface area contributed by atoms with Crippen LogP contribution in [0.15, 0.2) is 46.4 Å². The molecule has 2 unspecified atom stereocenters. The second-order valence-electron chi connectivity index (χ2n) is 6.87. The number of H-pyrrole nitrogens is 2. The maximum atomic E-state index is 4.95. The molecule has 0 spiro atoms. The number of aromatic nitrogens is 2. The van der Waals surface area contributed by atoms with Gasteiger partial charge in [-0.15, -0.1) is 0 Å². The first-order chi connectivity index (χ1) is 11.8. The Morgan fingerprint density at radius 1 is 0.917 bits per heavy atom. The molecule has 3 aliphatic rings. The van der Waals surface area contributed by atoms with Gasteiger partial charge in [0, 0.05) is 40.6 Å². The van der Waals surface area contributed by atoms with Crippen LogP contribution in [-0.2, 0) is 6.42 Å². The van der Waals surface area contributed by atoms with E-state index in [1.165, 1.54) is 11.4 Å². The fourth-order valence-electron chi connectivity index (χ4n) is 3.79. The average Bonchev–Trinajstić information content (AvgIpc) is 3.32. The predicted molar refractivity (Wildman–Crippen MR) is 98.0 cm³/mol. The summed E-state index contributed by atoms with van der Waals surface area (Å²) in [6.45, 7) is 0. The van der Waals surface area contributed by atoms with E-state index >= 15 is 0 Å². The van der Waals surface area contributed by atoms with Gasteiger partial charge in [-0.2, -0.15) is 0 Å². The van der Waals surface area contributed by atoms with Crippen LogP contribution in [0, 0.1) is 0 Å². The number of nitrogens with zero attached hydrogens (tertiary/aromatic N) is 2. The lowest BCUT2D eigenvalue weighted by molar-refractivity contribution is 0.659. The van der Waals surface area contributed by atoms with Crippen molar-refractivity contribution in [3.63, 3.8) is 0 Å². The Bertz CT molecular complexity index is 983. The SMILES string of the molecule is C1=CC2CC3=NC(CC3)Cc3ccc([nH]3)/C=c3/ccc([nH]3)=CC1=N2. The Balaban J connectivity index is 1.59. The Morgan fingerprint density at radius 3 is 2.79 bits per heavy atom. The van der Waals surface area contributed by atoms with E-state index in [9.17, 15) is 0 Å².